The number of carbonyl (C=O) groups excluding carboxylic acids is 1. The maximum Gasteiger partial charge on any atom is 0.242 e. The lowest BCUT2D eigenvalue weighted by molar-refractivity contribution is -0.135. The lowest BCUT2D eigenvalue weighted by atomic mass is 10.0. The molecule has 0 fully saturated rings. The molecule has 0 saturated heterocycles. The van der Waals surface area contributed by atoms with Crippen LogP contribution in [0.25, 0.3) is 0 Å². The summed E-state index contributed by atoms with van der Waals surface area (Å²) in [5.41, 5.74) is 7.08. The van der Waals surface area contributed by atoms with Crippen LogP contribution >= 0.6 is 0 Å². The Morgan fingerprint density at radius 1 is 1.44 bits per heavy atom. The Bertz CT molecular complexity index is 436. The molecule has 4 heteroatoms. The van der Waals surface area contributed by atoms with Crippen LogP contribution in [0.5, 0.6) is 5.75 Å². The molecule has 2 N–H and O–H groups in total. The quantitative estimate of drug-likeness (QED) is 0.885. The van der Waals surface area contributed by atoms with Crippen molar-refractivity contribution in [3.8, 4) is 5.75 Å². The van der Waals surface area contributed by atoms with Gasteiger partial charge in [0.05, 0.1) is 12.6 Å². The van der Waals surface area contributed by atoms with Crippen LogP contribution in [0.2, 0.25) is 0 Å². The van der Waals surface area contributed by atoms with Crippen molar-refractivity contribution in [1.82, 2.24) is 4.90 Å². The Hall–Kier alpha value is -1.55. The molecule has 100 valence electrons. The van der Waals surface area contributed by atoms with Gasteiger partial charge in [-0.1, -0.05) is 17.7 Å². The van der Waals surface area contributed by atoms with Gasteiger partial charge in [-0.15, -0.1) is 0 Å². The van der Waals surface area contributed by atoms with Crippen LogP contribution < -0.4 is 10.5 Å². The Kier molecular flexibility index (Phi) is 4.35. The zero-order chi connectivity index (χ0) is 13.9. The van der Waals surface area contributed by atoms with E-state index < -0.39 is 5.54 Å². The van der Waals surface area contributed by atoms with Crippen LogP contribution in [0, 0.1) is 6.92 Å². The summed E-state index contributed by atoms with van der Waals surface area (Å²) in [7, 11) is 3.38. The van der Waals surface area contributed by atoms with E-state index in [9.17, 15) is 4.79 Å². The molecule has 0 spiro atoms. The first kappa shape index (κ1) is 14.5. The number of likely N-dealkylation sites (N-methyl/N-ethyl adjacent to an activating group) is 1. The molecule has 0 bridgehead atoms. The maximum atomic E-state index is 12.0. The highest BCUT2D eigenvalue weighted by Crippen LogP contribution is 2.21. The van der Waals surface area contributed by atoms with Gasteiger partial charge in [-0.05, 0) is 26.8 Å². The van der Waals surface area contributed by atoms with E-state index in [0.717, 1.165) is 16.9 Å². The molecule has 0 aromatic heterocycles. The predicted octanol–water partition coefficient (Wildman–Crippen LogP) is 1.70. The molecular weight excluding hydrogens is 228 g/mol. The van der Waals surface area contributed by atoms with Gasteiger partial charge in [0.1, 0.15) is 5.75 Å². The second-order valence-corrected chi connectivity index (χ2v) is 5.20. The van der Waals surface area contributed by atoms with Crippen LogP contribution in [0.4, 0.5) is 0 Å². The molecule has 1 amide bonds. The molecule has 0 unspecified atom stereocenters. The van der Waals surface area contributed by atoms with Crippen molar-refractivity contribution in [1.29, 1.82) is 0 Å². The third kappa shape index (κ3) is 3.47. The second kappa shape index (κ2) is 5.40. The minimum atomic E-state index is -0.855. The number of nitrogens with two attached hydrogens (primary N) is 1. The first-order valence-corrected chi connectivity index (χ1v) is 5.93. The van der Waals surface area contributed by atoms with Crippen LogP contribution in [-0.4, -0.2) is 30.5 Å². The van der Waals surface area contributed by atoms with E-state index in [4.69, 9.17) is 10.5 Å². The van der Waals surface area contributed by atoms with Gasteiger partial charge in [0.25, 0.3) is 0 Å². The van der Waals surface area contributed by atoms with Gasteiger partial charge in [0.15, 0.2) is 0 Å². The molecule has 0 aliphatic rings. The van der Waals surface area contributed by atoms with Gasteiger partial charge < -0.3 is 15.4 Å². The minimum Gasteiger partial charge on any atom is -0.496 e. The highest BCUT2D eigenvalue weighted by atomic mass is 16.5. The maximum absolute atomic E-state index is 12.0. The fourth-order valence-corrected chi connectivity index (χ4v) is 1.85. The van der Waals surface area contributed by atoms with Crippen LogP contribution in [0.3, 0.4) is 0 Å². The lowest BCUT2D eigenvalue weighted by Gasteiger charge is -2.26. The zero-order valence-electron chi connectivity index (χ0n) is 11.8. The normalized spacial score (nSPS) is 11.2. The van der Waals surface area contributed by atoms with E-state index in [-0.39, 0.29) is 5.91 Å². The van der Waals surface area contributed by atoms with Gasteiger partial charge in [0.2, 0.25) is 5.91 Å². The molecule has 0 aliphatic carbocycles. The first-order valence-electron chi connectivity index (χ1n) is 5.93. The standard InChI is InChI=1S/C14H22N2O2/c1-10-6-7-12(18-5)11(8-10)9-16(4)13(17)14(2,3)15/h6-8H,9,15H2,1-5H3. The summed E-state index contributed by atoms with van der Waals surface area (Å²) in [6.07, 6.45) is 0. The lowest BCUT2D eigenvalue weighted by Crippen LogP contribution is -2.49. The van der Waals surface area contributed by atoms with Crippen LogP contribution in [-0.2, 0) is 11.3 Å². The summed E-state index contributed by atoms with van der Waals surface area (Å²) in [6, 6.07) is 5.92. The van der Waals surface area contributed by atoms with Gasteiger partial charge in [-0.3, -0.25) is 4.79 Å². The number of hydrogen-bond acceptors (Lipinski definition) is 3. The Morgan fingerprint density at radius 3 is 2.56 bits per heavy atom. The van der Waals surface area contributed by atoms with Crippen molar-refractivity contribution in [2.75, 3.05) is 14.2 Å². The Balaban J connectivity index is 2.91. The van der Waals surface area contributed by atoms with E-state index in [1.54, 1.807) is 32.9 Å². The van der Waals surface area contributed by atoms with Gasteiger partial charge in [0, 0.05) is 19.2 Å². The SMILES string of the molecule is COc1ccc(C)cc1CN(C)C(=O)C(C)(C)N. The number of amides is 1. The topological polar surface area (TPSA) is 55.6 Å². The summed E-state index contributed by atoms with van der Waals surface area (Å²) in [5, 5.41) is 0. The van der Waals surface area contributed by atoms with E-state index >= 15 is 0 Å². The molecular formula is C14H22N2O2. The molecule has 4 nitrogen and oxygen atoms in total. The van der Waals surface area contributed by atoms with Gasteiger partial charge in [-0.2, -0.15) is 0 Å². The fourth-order valence-electron chi connectivity index (χ4n) is 1.85. The van der Waals surface area contributed by atoms with E-state index in [1.165, 1.54) is 0 Å². The van der Waals surface area contributed by atoms with Crippen molar-refractivity contribution in [2.45, 2.75) is 32.9 Å². The largest absolute Gasteiger partial charge is 0.496 e. The average Bonchev–Trinajstić information content (AvgIpc) is 2.27. The van der Waals surface area contributed by atoms with Gasteiger partial charge >= 0.3 is 0 Å². The predicted molar refractivity (Wildman–Crippen MR) is 72.5 cm³/mol. The third-order valence-electron chi connectivity index (χ3n) is 2.74. The van der Waals surface area contributed by atoms with E-state index in [0.29, 0.717) is 6.54 Å². The number of methoxy groups -OCH3 is 1. The molecule has 0 heterocycles. The van der Waals surface area contributed by atoms with Crippen molar-refractivity contribution < 1.29 is 9.53 Å². The first-order chi connectivity index (χ1) is 8.25. The number of benzene rings is 1. The van der Waals surface area contributed by atoms with Crippen LogP contribution in [0.1, 0.15) is 25.0 Å². The van der Waals surface area contributed by atoms with Gasteiger partial charge in [-0.25, -0.2) is 0 Å². The van der Waals surface area contributed by atoms with Crippen molar-refractivity contribution >= 4 is 5.91 Å². The number of nitrogens with zero attached hydrogens (tertiary/aromatic N) is 1. The fraction of sp³-hybridized carbons (Fsp3) is 0.500. The highest BCUT2D eigenvalue weighted by molar-refractivity contribution is 5.85. The molecule has 1 rings (SSSR count). The van der Waals surface area contributed by atoms with Crippen molar-refractivity contribution in [3.63, 3.8) is 0 Å². The Labute approximate surface area is 109 Å². The zero-order valence-corrected chi connectivity index (χ0v) is 11.8. The number of aryl methyl sites for hydroxylation is 1. The monoisotopic (exact) mass is 250 g/mol. The highest BCUT2D eigenvalue weighted by Gasteiger charge is 2.26. The summed E-state index contributed by atoms with van der Waals surface area (Å²) in [4.78, 5) is 13.6. The summed E-state index contributed by atoms with van der Waals surface area (Å²) >= 11 is 0. The molecule has 1 aromatic carbocycles. The van der Waals surface area contributed by atoms with Crippen molar-refractivity contribution in [2.24, 2.45) is 5.73 Å². The number of hydrogen-bond donors (Lipinski definition) is 1. The minimum absolute atomic E-state index is 0.0916. The third-order valence-corrected chi connectivity index (χ3v) is 2.74. The number of carbonyl (C=O) groups is 1. The van der Waals surface area contributed by atoms with E-state index in [2.05, 4.69) is 0 Å². The van der Waals surface area contributed by atoms with Crippen LogP contribution in [0.15, 0.2) is 18.2 Å². The van der Waals surface area contributed by atoms with E-state index in [1.807, 2.05) is 25.1 Å². The van der Waals surface area contributed by atoms with Crippen molar-refractivity contribution in [3.05, 3.63) is 29.3 Å². The number of rotatable bonds is 4. The summed E-state index contributed by atoms with van der Waals surface area (Å²) < 4.78 is 5.30. The molecule has 0 aliphatic heterocycles. The summed E-state index contributed by atoms with van der Waals surface area (Å²) in [5.74, 6) is 0.695. The Morgan fingerprint density at radius 2 is 2.06 bits per heavy atom. The molecule has 0 atom stereocenters. The molecule has 1 aromatic rings. The molecule has 18 heavy (non-hydrogen) atoms. The molecule has 0 radical (unpaired) electrons. The summed E-state index contributed by atoms with van der Waals surface area (Å²) in [6.45, 7) is 5.92. The number of ether oxygens (including phenoxy) is 1. The second-order valence-electron chi connectivity index (χ2n) is 5.20. The average molecular weight is 250 g/mol. The smallest absolute Gasteiger partial charge is 0.242 e. The molecule has 0 saturated carbocycles.